The first-order valence-corrected chi connectivity index (χ1v) is 11.3. The van der Waals surface area contributed by atoms with Crippen LogP contribution in [0.1, 0.15) is 41.3 Å². The van der Waals surface area contributed by atoms with Crippen molar-refractivity contribution in [1.82, 2.24) is 20.6 Å². The number of rotatable bonds is 9. The number of hydrogen-bond donors (Lipinski definition) is 3. The van der Waals surface area contributed by atoms with Crippen molar-refractivity contribution in [3.05, 3.63) is 83.4 Å². The molecule has 1 atom stereocenters. The van der Waals surface area contributed by atoms with E-state index in [1.165, 1.54) is 0 Å². The number of benzene rings is 2. The van der Waals surface area contributed by atoms with Crippen molar-refractivity contribution in [1.29, 1.82) is 0 Å². The summed E-state index contributed by atoms with van der Waals surface area (Å²) in [5.41, 5.74) is 5.64. The Bertz CT molecular complexity index is 1180. The maximum absolute atomic E-state index is 12.7. The summed E-state index contributed by atoms with van der Waals surface area (Å²) in [6.07, 6.45) is 1.98. The van der Waals surface area contributed by atoms with E-state index in [0.717, 1.165) is 27.9 Å². The molecule has 2 amide bonds. The molecule has 9 heteroatoms. The van der Waals surface area contributed by atoms with Crippen LogP contribution in [0.5, 0.6) is 0 Å². The highest BCUT2D eigenvalue weighted by Gasteiger charge is 2.30. The van der Waals surface area contributed by atoms with Gasteiger partial charge in [-0.3, -0.25) is 19.6 Å². The van der Waals surface area contributed by atoms with Crippen LogP contribution in [0.25, 0.3) is 11.1 Å². The predicted molar refractivity (Wildman–Crippen MR) is 127 cm³/mol. The largest absolute Gasteiger partial charge is 0.481 e. The van der Waals surface area contributed by atoms with Crippen molar-refractivity contribution < 1.29 is 24.2 Å². The third-order valence-corrected chi connectivity index (χ3v) is 5.88. The van der Waals surface area contributed by atoms with Crippen LogP contribution in [-0.4, -0.2) is 45.7 Å². The second-order valence-corrected chi connectivity index (χ2v) is 8.32. The molecule has 0 spiro atoms. The van der Waals surface area contributed by atoms with E-state index >= 15 is 0 Å². The maximum atomic E-state index is 12.7. The fourth-order valence-electron chi connectivity index (χ4n) is 4.13. The Labute approximate surface area is 202 Å². The van der Waals surface area contributed by atoms with Gasteiger partial charge in [-0.15, -0.1) is 0 Å². The predicted octanol–water partition coefficient (Wildman–Crippen LogP) is 3.17. The zero-order chi connectivity index (χ0) is 24.8. The van der Waals surface area contributed by atoms with Crippen LogP contribution in [-0.2, 0) is 20.9 Å². The first-order chi connectivity index (χ1) is 16.9. The number of carbonyl (C=O) groups is 3. The van der Waals surface area contributed by atoms with Gasteiger partial charge in [0.15, 0.2) is 0 Å². The monoisotopic (exact) mass is 474 g/mol. The maximum Gasteiger partial charge on any atom is 0.407 e. The average molecular weight is 475 g/mol. The van der Waals surface area contributed by atoms with Crippen LogP contribution in [0.15, 0.2) is 60.9 Å². The van der Waals surface area contributed by atoms with Gasteiger partial charge in [-0.1, -0.05) is 48.5 Å². The van der Waals surface area contributed by atoms with E-state index in [-0.39, 0.29) is 31.9 Å². The molecule has 1 aromatic heterocycles. The standard InChI is InChI=1S/C26H26N4O5/c1-16-12-28-17(13-27-16)14-29-25(33)23(10-11-24(31)32)30-26(34)35-15-22-20-8-4-2-6-18(20)19-7-3-5-9-21(19)22/h2-9,12-13,22-23H,10-11,14-15H2,1H3,(H,29,33)(H,30,34)(H,31,32). The van der Waals surface area contributed by atoms with Crippen LogP contribution in [0.4, 0.5) is 4.79 Å². The minimum atomic E-state index is -1.07. The van der Waals surface area contributed by atoms with Crippen molar-refractivity contribution in [3.63, 3.8) is 0 Å². The van der Waals surface area contributed by atoms with E-state index in [4.69, 9.17) is 9.84 Å². The summed E-state index contributed by atoms with van der Waals surface area (Å²) in [5.74, 6) is -1.72. The number of carbonyl (C=O) groups excluding carboxylic acids is 2. The average Bonchev–Trinajstić information content (AvgIpc) is 3.18. The molecule has 2 aromatic carbocycles. The van der Waals surface area contributed by atoms with Gasteiger partial charge in [-0.05, 0) is 35.6 Å². The van der Waals surface area contributed by atoms with E-state index in [2.05, 4.69) is 20.6 Å². The topological polar surface area (TPSA) is 131 Å². The number of aliphatic carboxylic acids is 1. The molecule has 0 bridgehead atoms. The highest BCUT2D eigenvalue weighted by atomic mass is 16.5. The van der Waals surface area contributed by atoms with Crippen LogP contribution >= 0.6 is 0 Å². The molecule has 1 aliphatic rings. The van der Waals surface area contributed by atoms with Crippen LogP contribution in [0.3, 0.4) is 0 Å². The van der Waals surface area contributed by atoms with E-state index in [1.54, 1.807) is 19.3 Å². The summed E-state index contributed by atoms with van der Waals surface area (Å²) in [5, 5.41) is 14.2. The number of amides is 2. The lowest BCUT2D eigenvalue weighted by molar-refractivity contribution is -0.137. The molecule has 9 nitrogen and oxygen atoms in total. The van der Waals surface area contributed by atoms with E-state index in [0.29, 0.717) is 5.69 Å². The Kier molecular flexibility index (Phi) is 7.35. The highest BCUT2D eigenvalue weighted by Crippen LogP contribution is 2.44. The number of ether oxygens (including phenoxy) is 1. The van der Waals surface area contributed by atoms with Gasteiger partial charge in [-0.25, -0.2) is 4.79 Å². The number of nitrogens with zero attached hydrogens (tertiary/aromatic N) is 2. The molecule has 3 aromatic rings. The zero-order valence-corrected chi connectivity index (χ0v) is 19.2. The van der Waals surface area contributed by atoms with Crippen LogP contribution in [0.2, 0.25) is 0 Å². The highest BCUT2D eigenvalue weighted by molar-refractivity contribution is 5.86. The number of fused-ring (bicyclic) bond motifs is 3. The van der Waals surface area contributed by atoms with E-state index < -0.39 is 24.0 Å². The fourth-order valence-corrected chi connectivity index (χ4v) is 4.13. The summed E-state index contributed by atoms with van der Waals surface area (Å²) >= 11 is 0. The van der Waals surface area contributed by atoms with Gasteiger partial charge in [0.05, 0.1) is 24.1 Å². The molecule has 0 fully saturated rings. The molecule has 1 heterocycles. The molecular weight excluding hydrogens is 448 g/mol. The molecule has 1 aliphatic carbocycles. The Morgan fingerprint density at radius 1 is 1.00 bits per heavy atom. The fraction of sp³-hybridized carbons (Fsp3) is 0.269. The van der Waals surface area contributed by atoms with Gasteiger partial charge in [0, 0.05) is 18.5 Å². The quantitative estimate of drug-likeness (QED) is 0.434. The lowest BCUT2D eigenvalue weighted by Gasteiger charge is -2.19. The molecule has 0 aliphatic heterocycles. The number of nitrogens with one attached hydrogen (secondary N) is 2. The van der Waals surface area contributed by atoms with Crippen molar-refractivity contribution >= 4 is 18.0 Å². The Morgan fingerprint density at radius 2 is 1.66 bits per heavy atom. The molecular formula is C26H26N4O5. The van der Waals surface area contributed by atoms with Gasteiger partial charge < -0.3 is 20.5 Å². The Morgan fingerprint density at radius 3 is 2.26 bits per heavy atom. The molecule has 0 saturated carbocycles. The number of carboxylic acids is 1. The normalized spacial score (nSPS) is 12.8. The molecule has 4 rings (SSSR count). The van der Waals surface area contributed by atoms with E-state index in [9.17, 15) is 14.4 Å². The molecule has 0 saturated heterocycles. The summed E-state index contributed by atoms with van der Waals surface area (Å²) in [7, 11) is 0. The van der Waals surface area contributed by atoms with Gasteiger partial charge in [0.25, 0.3) is 0 Å². The van der Waals surface area contributed by atoms with E-state index in [1.807, 2.05) is 48.5 Å². The second-order valence-electron chi connectivity index (χ2n) is 8.32. The minimum Gasteiger partial charge on any atom is -0.481 e. The summed E-state index contributed by atoms with van der Waals surface area (Å²) < 4.78 is 5.50. The first-order valence-electron chi connectivity index (χ1n) is 11.3. The second kappa shape index (κ2) is 10.8. The SMILES string of the molecule is Cc1cnc(CNC(=O)C(CCC(=O)O)NC(=O)OCC2c3ccccc3-c3ccccc32)cn1. The van der Waals surface area contributed by atoms with Crippen molar-refractivity contribution in [2.75, 3.05) is 6.61 Å². The third kappa shape index (κ3) is 5.81. The van der Waals surface area contributed by atoms with Crippen LogP contribution < -0.4 is 10.6 Å². The summed E-state index contributed by atoms with van der Waals surface area (Å²) in [6, 6.07) is 14.9. The zero-order valence-electron chi connectivity index (χ0n) is 19.2. The van der Waals surface area contributed by atoms with Crippen LogP contribution in [0, 0.1) is 6.92 Å². The smallest absolute Gasteiger partial charge is 0.407 e. The van der Waals surface area contributed by atoms with Crippen molar-refractivity contribution in [2.45, 2.75) is 38.3 Å². The summed E-state index contributed by atoms with van der Waals surface area (Å²) in [4.78, 5) is 44.7. The lowest BCUT2D eigenvalue weighted by Crippen LogP contribution is -2.47. The number of carboxylic acid groups (broad SMARTS) is 1. The van der Waals surface area contributed by atoms with Crippen molar-refractivity contribution in [2.24, 2.45) is 0 Å². The van der Waals surface area contributed by atoms with Gasteiger partial charge in [-0.2, -0.15) is 0 Å². The number of aromatic nitrogens is 2. The van der Waals surface area contributed by atoms with Gasteiger partial charge in [0.2, 0.25) is 5.91 Å². The lowest BCUT2D eigenvalue weighted by atomic mass is 9.98. The molecule has 3 N–H and O–H groups in total. The molecule has 35 heavy (non-hydrogen) atoms. The third-order valence-electron chi connectivity index (χ3n) is 5.88. The van der Waals surface area contributed by atoms with Crippen molar-refractivity contribution in [3.8, 4) is 11.1 Å². The number of hydrogen-bond acceptors (Lipinski definition) is 6. The molecule has 1 unspecified atom stereocenters. The molecule has 180 valence electrons. The molecule has 0 radical (unpaired) electrons. The van der Waals surface area contributed by atoms with Gasteiger partial charge >= 0.3 is 12.1 Å². The number of aryl methyl sites for hydroxylation is 1. The Hall–Kier alpha value is -4.27. The minimum absolute atomic E-state index is 0.0784. The summed E-state index contributed by atoms with van der Waals surface area (Å²) in [6.45, 7) is 1.99. The Balaban J connectivity index is 1.38. The first kappa shape index (κ1) is 23.9. The van der Waals surface area contributed by atoms with Gasteiger partial charge in [0.1, 0.15) is 12.6 Å². The number of alkyl carbamates (subject to hydrolysis) is 1.